The number of sulfonamides is 1. The highest BCUT2D eigenvalue weighted by molar-refractivity contribution is 7.92. The van der Waals surface area contributed by atoms with Gasteiger partial charge in [0.1, 0.15) is 24.2 Å². The lowest BCUT2D eigenvalue weighted by Gasteiger charge is -2.35. The van der Waals surface area contributed by atoms with Crippen molar-refractivity contribution in [3.05, 3.63) is 126 Å². The maximum Gasteiger partial charge on any atom is 0.264 e. The van der Waals surface area contributed by atoms with Gasteiger partial charge < -0.3 is 15.0 Å². The first-order chi connectivity index (χ1) is 22.3. The number of anilines is 1. The largest absolute Gasteiger partial charge is 0.494 e. The lowest BCUT2D eigenvalue weighted by Crippen LogP contribution is -2.56. The van der Waals surface area contributed by atoms with E-state index < -0.39 is 45.8 Å². The van der Waals surface area contributed by atoms with Crippen molar-refractivity contribution in [2.24, 2.45) is 0 Å². The zero-order valence-corrected chi connectivity index (χ0v) is 28.3. The van der Waals surface area contributed by atoms with Gasteiger partial charge in [0.25, 0.3) is 10.0 Å². The molecule has 4 aromatic rings. The second-order valence-electron chi connectivity index (χ2n) is 12.3. The fraction of sp³-hybridized carbons (Fsp3) is 0.297. The summed E-state index contributed by atoms with van der Waals surface area (Å²) in [6.45, 7) is 8.71. The molecule has 0 spiro atoms. The third-order valence-electron chi connectivity index (χ3n) is 7.39. The van der Waals surface area contributed by atoms with Gasteiger partial charge in [0, 0.05) is 24.1 Å². The van der Waals surface area contributed by atoms with Gasteiger partial charge in [0.2, 0.25) is 11.8 Å². The Balaban J connectivity index is 1.81. The van der Waals surface area contributed by atoms with E-state index in [-0.39, 0.29) is 29.1 Å². The molecule has 0 aromatic heterocycles. The molecule has 0 saturated heterocycles. The average molecular weight is 660 g/mol. The van der Waals surface area contributed by atoms with E-state index in [2.05, 4.69) is 5.32 Å². The number of nitrogens with zero attached hydrogens (tertiary/aromatic N) is 2. The third-order valence-corrected chi connectivity index (χ3v) is 9.18. The number of hydrogen-bond donors (Lipinski definition) is 1. The Hall–Kier alpha value is -4.70. The number of nitrogens with one attached hydrogen (secondary N) is 1. The minimum atomic E-state index is -4.29. The number of benzene rings is 4. The van der Waals surface area contributed by atoms with Crippen molar-refractivity contribution in [2.45, 2.75) is 64.1 Å². The molecule has 1 unspecified atom stereocenters. The van der Waals surface area contributed by atoms with Crippen LogP contribution in [0.3, 0.4) is 0 Å². The van der Waals surface area contributed by atoms with E-state index >= 15 is 4.39 Å². The van der Waals surface area contributed by atoms with Gasteiger partial charge in [-0.1, -0.05) is 66.2 Å². The molecule has 47 heavy (non-hydrogen) atoms. The molecule has 4 rings (SSSR count). The molecule has 0 fully saturated rings. The summed E-state index contributed by atoms with van der Waals surface area (Å²) in [5.41, 5.74) is 1.51. The summed E-state index contributed by atoms with van der Waals surface area (Å²) in [5.74, 6) is -1.15. The first-order valence-electron chi connectivity index (χ1n) is 15.5. The molecular formula is C37H42FN3O5S. The highest BCUT2D eigenvalue weighted by Gasteiger charge is 2.36. The Kier molecular flexibility index (Phi) is 11.4. The summed E-state index contributed by atoms with van der Waals surface area (Å²) in [7, 11) is -4.29. The van der Waals surface area contributed by atoms with Crippen LogP contribution >= 0.6 is 0 Å². The van der Waals surface area contributed by atoms with Crippen molar-refractivity contribution in [1.29, 1.82) is 0 Å². The van der Waals surface area contributed by atoms with Crippen molar-refractivity contribution in [3.63, 3.8) is 0 Å². The Labute approximate surface area is 277 Å². The summed E-state index contributed by atoms with van der Waals surface area (Å²) in [4.78, 5) is 29.7. The van der Waals surface area contributed by atoms with Gasteiger partial charge in [-0.15, -0.1) is 0 Å². The molecule has 0 bridgehead atoms. The summed E-state index contributed by atoms with van der Waals surface area (Å²) in [6.07, 6.45) is 0.124. The number of rotatable bonds is 13. The first-order valence-corrected chi connectivity index (χ1v) is 16.9. The number of carbonyl (C=O) groups is 2. The lowest BCUT2D eigenvalue weighted by molar-refractivity contribution is -0.140. The highest BCUT2D eigenvalue weighted by atomic mass is 32.2. The van der Waals surface area contributed by atoms with E-state index in [1.54, 1.807) is 54.6 Å². The van der Waals surface area contributed by atoms with Gasteiger partial charge in [-0.05, 0) is 82.6 Å². The van der Waals surface area contributed by atoms with Crippen LogP contribution in [0.5, 0.6) is 5.75 Å². The molecular weight excluding hydrogens is 617 g/mol. The van der Waals surface area contributed by atoms with Crippen molar-refractivity contribution >= 4 is 27.5 Å². The number of aryl methyl sites for hydroxylation is 1. The molecule has 0 aliphatic carbocycles. The predicted molar refractivity (Wildman–Crippen MR) is 182 cm³/mol. The molecule has 1 N–H and O–H groups in total. The summed E-state index contributed by atoms with van der Waals surface area (Å²) in [6, 6.07) is 26.9. The van der Waals surface area contributed by atoms with Crippen molar-refractivity contribution in [1.82, 2.24) is 10.2 Å². The Morgan fingerprint density at radius 1 is 0.872 bits per heavy atom. The molecule has 1 atom stereocenters. The van der Waals surface area contributed by atoms with Gasteiger partial charge in [-0.25, -0.2) is 12.8 Å². The van der Waals surface area contributed by atoms with Crippen LogP contribution in [0.4, 0.5) is 10.1 Å². The van der Waals surface area contributed by atoms with Crippen molar-refractivity contribution in [3.8, 4) is 5.75 Å². The fourth-order valence-corrected chi connectivity index (χ4v) is 6.47. The molecule has 248 valence electrons. The first kappa shape index (κ1) is 35.2. The van der Waals surface area contributed by atoms with Gasteiger partial charge in [0.15, 0.2) is 0 Å². The normalized spacial score (nSPS) is 12.2. The topological polar surface area (TPSA) is 96.0 Å². The van der Waals surface area contributed by atoms with Crippen molar-refractivity contribution in [2.75, 3.05) is 17.5 Å². The number of amides is 2. The summed E-state index contributed by atoms with van der Waals surface area (Å²) >= 11 is 0. The second-order valence-corrected chi connectivity index (χ2v) is 14.2. The van der Waals surface area contributed by atoms with E-state index in [4.69, 9.17) is 4.74 Å². The van der Waals surface area contributed by atoms with Gasteiger partial charge >= 0.3 is 0 Å². The summed E-state index contributed by atoms with van der Waals surface area (Å²) < 4.78 is 50.0. The van der Waals surface area contributed by atoms with E-state index in [1.165, 1.54) is 23.1 Å². The van der Waals surface area contributed by atoms with E-state index in [1.807, 2.05) is 65.0 Å². The molecule has 0 radical (unpaired) electrons. The molecule has 0 aliphatic heterocycles. The minimum absolute atomic E-state index is 0.0405. The Morgan fingerprint density at radius 2 is 1.49 bits per heavy atom. The molecule has 4 aromatic carbocycles. The third kappa shape index (κ3) is 9.42. The van der Waals surface area contributed by atoms with Crippen LogP contribution in [0.2, 0.25) is 0 Å². The van der Waals surface area contributed by atoms with Crippen molar-refractivity contribution < 1.29 is 27.1 Å². The van der Waals surface area contributed by atoms with Gasteiger partial charge in [-0.3, -0.25) is 13.9 Å². The minimum Gasteiger partial charge on any atom is -0.494 e. The van der Waals surface area contributed by atoms with Crippen LogP contribution in [-0.2, 0) is 32.6 Å². The Bertz CT molecular complexity index is 1760. The van der Waals surface area contributed by atoms with Crippen LogP contribution < -0.4 is 14.4 Å². The SMILES string of the molecule is CCOc1ccc(S(=O)(=O)N(CC(=O)N(Cc2ccccc2F)C(Cc2ccccc2)C(=O)NC(C)(C)C)c2ccc(C)cc2)cc1. The van der Waals surface area contributed by atoms with Crippen LogP contribution in [0.15, 0.2) is 108 Å². The second kappa shape index (κ2) is 15.3. The summed E-state index contributed by atoms with van der Waals surface area (Å²) in [5, 5.41) is 2.97. The van der Waals surface area contributed by atoms with E-state index in [0.717, 1.165) is 15.4 Å². The molecule has 0 heterocycles. The number of hydrogen-bond acceptors (Lipinski definition) is 5. The van der Waals surface area contributed by atoms with Crippen LogP contribution in [0, 0.1) is 12.7 Å². The molecule has 10 heteroatoms. The quantitative estimate of drug-likeness (QED) is 0.182. The molecule has 0 aliphatic rings. The maximum atomic E-state index is 15.1. The monoisotopic (exact) mass is 659 g/mol. The van der Waals surface area contributed by atoms with E-state index in [9.17, 15) is 18.0 Å². The fourth-order valence-electron chi connectivity index (χ4n) is 5.06. The number of halogens is 1. The molecule has 8 nitrogen and oxygen atoms in total. The van der Waals surface area contributed by atoms with Crippen LogP contribution in [-0.4, -0.2) is 49.9 Å². The van der Waals surface area contributed by atoms with Crippen LogP contribution in [0.1, 0.15) is 44.4 Å². The maximum absolute atomic E-state index is 15.1. The number of carbonyl (C=O) groups excluding carboxylic acids is 2. The van der Waals surface area contributed by atoms with Gasteiger partial charge in [-0.2, -0.15) is 0 Å². The highest BCUT2D eigenvalue weighted by Crippen LogP contribution is 2.27. The van der Waals surface area contributed by atoms with E-state index in [0.29, 0.717) is 12.4 Å². The predicted octanol–water partition coefficient (Wildman–Crippen LogP) is 6.28. The number of ether oxygens (including phenoxy) is 1. The van der Waals surface area contributed by atoms with Gasteiger partial charge in [0.05, 0.1) is 17.2 Å². The zero-order chi connectivity index (χ0) is 34.2. The lowest BCUT2D eigenvalue weighted by atomic mass is 10.0. The Morgan fingerprint density at radius 3 is 2.09 bits per heavy atom. The molecule has 0 saturated carbocycles. The average Bonchev–Trinajstić information content (AvgIpc) is 3.03. The zero-order valence-electron chi connectivity index (χ0n) is 27.4. The molecule has 2 amide bonds. The van der Waals surface area contributed by atoms with Crippen LogP contribution in [0.25, 0.3) is 0 Å². The standard InChI is InChI=1S/C37H42FN3O5S/c1-6-46-31-20-22-32(23-21-31)47(44,45)41(30-18-16-27(2)17-19-30)26-35(42)40(25-29-14-10-11-15-33(29)38)34(36(43)39-37(3,4)5)24-28-12-8-7-9-13-28/h7-23,34H,6,24-26H2,1-5H3,(H,39,43). The smallest absolute Gasteiger partial charge is 0.264 e.